The molecule has 80 valence electrons. The van der Waals surface area contributed by atoms with Crippen molar-refractivity contribution >= 4 is 10.9 Å². The molecule has 0 aliphatic carbocycles. The van der Waals surface area contributed by atoms with Crippen molar-refractivity contribution < 1.29 is 5.11 Å². The fourth-order valence-corrected chi connectivity index (χ4v) is 1.89. The highest BCUT2D eigenvalue weighted by Gasteiger charge is 2.07. The molecule has 3 nitrogen and oxygen atoms in total. The van der Waals surface area contributed by atoms with Crippen molar-refractivity contribution in [2.24, 2.45) is 12.8 Å². The molecule has 15 heavy (non-hydrogen) atoms. The third-order valence-electron chi connectivity index (χ3n) is 2.73. The molecule has 1 heterocycles. The Bertz CT molecular complexity index is 462. The highest BCUT2D eigenvalue weighted by atomic mass is 16.3. The van der Waals surface area contributed by atoms with E-state index in [4.69, 9.17) is 10.8 Å². The fourth-order valence-electron chi connectivity index (χ4n) is 1.89. The first-order chi connectivity index (χ1) is 7.22. The molecule has 2 aromatic rings. The molecule has 0 saturated heterocycles. The molecule has 1 atom stereocenters. The zero-order chi connectivity index (χ0) is 10.8. The van der Waals surface area contributed by atoms with Crippen LogP contribution in [-0.4, -0.2) is 22.3 Å². The minimum atomic E-state index is -0.171. The molecule has 2 rings (SSSR count). The van der Waals surface area contributed by atoms with Crippen molar-refractivity contribution in [1.29, 1.82) is 0 Å². The number of aliphatic hydroxyl groups is 1. The topological polar surface area (TPSA) is 51.2 Å². The van der Waals surface area contributed by atoms with Crippen molar-refractivity contribution in [1.82, 2.24) is 4.57 Å². The number of aryl methyl sites for hydroxylation is 1. The number of nitrogens with zero attached hydrogens (tertiary/aromatic N) is 1. The van der Waals surface area contributed by atoms with E-state index in [2.05, 4.69) is 22.8 Å². The summed E-state index contributed by atoms with van der Waals surface area (Å²) in [4.78, 5) is 0. The van der Waals surface area contributed by atoms with E-state index < -0.39 is 0 Å². The molecular formula is C12H16N2O. The largest absolute Gasteiger partial charge is 0.395 e. The summed E-state index contributed by atoms with van der Waals surface area (Å²) in [6.07, 6.45) is 2.76. The molecule has 0 saturated carbocycles. The third kappa shape index (κ3) is 1.89. The highest BCUT2D eigenvalue weighted by Crippen LogP contribution is 2.20. The number of aromatic nitrogens is 1. The van der Waals surface area contributed by atoms with Crippen molar-refractivity contribution in [2.75, 3.05) is 6.61 Å². The lowest BCUT2D eigenvalue weighted by Crippen LogP contribution is -2.26. The van der Waals surface area contributed by atoms with Gasteiger partial charge in [0.2, 0.25) is 0 Å². The van der Waals surface area contributed by atoms with Crippen LogP contribution in [0.5, 0.6) is 0 Å². The highest BCUT2D eigenvalue weighted by molar-refractivity contribution is 5.83. The number of benzene rings is 1. The number of rotatable bonds is 3. The van der Waals surface area contributed by atoms with Gasteiger partial charge in [-0.3, -0.25) is 0 Å². The van der Waals surface area contributed by atoms with Crippen LogP contribution in [-0.2, 0) is 13.5 Å². The first-order valence-electron chi connectivity index (χ1n) is 5.11. The van der Waals surface area contributed by atoms with Crippen LogP contribution in [0.1, 0.15) is 5.56 Å². The molecule has 0 fully saturated rings. The van der Waals surface area contributed by atoms with Gasteiger partial charge >= 0.3 is 0 Å². The zero-order valence-corrected chi connectivity index (χ0v) is 8.85. The van der Waals surface area contributed by atoms with Crippen LogP contribution in [0.3, 0.4) is 0 Å². The maximum absolute atomic E-state index is 8.94. The van der Waals surface area contributed by atoms with Gasteiger partial charge < -0.3 is 15.4 Å². The molecular weight excluding hydrogens is 188 g/mol. The van der Waals surface area contributed by atoms with Gasteiger partial charge in [-0.25, -0.2) is 0 Å². The molecule has 0 radical (unpaired) electrons. The Hall–Kier alpha value is -1.32. The van der Waals surface area contributed by atoms with E-state index in [0.717, 1.165) is 6.42 Å². The molecule has 1 unspecified atom stereocenters. The van der Waals surface area contributed by atoms with Crippen molar-refractivity contribution in [3.05, 3.63) is 36.0 Å². The number of hydrogen-bond donors (Lipinski definition) is 2. The average molecular weight is 204 g/mol. The van der Waals surface area contributed by atoms with E-state index >= 15 is 0 Å². The predicted octanol–water partition coefficient (Wildman–Crippen LogP) is 1.04. The Morgan fingerprint density at radius 3 is 2.93 bits per heavy atom. The monoisotopic (exact) mass is 204 g/mol. The normalized spacial score (nSPS) is 13.3. The van der Waals surface area contributed by atoms with Crippen LogP contribution in [0.25, 0.3) is 10.9 Å². The zero-order valence-electron chi connectivity index (χ0n) is 8.85. The van der Waals surface area contributed by atoms with Gasteiger partial charge in [-0.15, -0.1) is 0 Å². The first kappa shape index (κ1) is 10.2. The van der Waals surface area contributed by atoms with Crippen LogP contribution in [0, 0.1) is 0 Å². The summed E-state index contributed by atoms with van der Waals surface area (Å²) in [6, 6.07) is 8.10. The van der Waals surface area contributed by atoms with E-state index in [-0.39, 0.29) is 12.6 Å². The van der Waals surface area contributed by atoms with Gasteiger partial charge in [-0.05, 0) is 24.1 Å². The second-order valence-corrected chi connectivity index (χ2v) is 3.92. The SMILES string of the molecule is Cn1ccc2c(CC(N)CO)cccc21. The van der Waals surface area contributed by atoms with Gasteiger partial charge in [-0.2, -0.15) is 0 Å². The Morgan fingerprint density at radius 2 is 2.20 bits per heavy atom. The van der Waals surface area contributed by atoms with Crippen LogP contribution < -0.4 is 5.73 Å². The second kappa shape index (κ2) is 4.04. The van der Waals surface area contributed by atoms with Gasteiger partial charge in [0, 0.05) is 30.2 Å². The fraction of sp³-hybridized carbons (Fsp3) is 0.333. The lowest BCUT2D eigenvalue weighted by molar-refractivity contribution is 0.265. The van der Waals surface area contributed by atoms with Gasteiger partial charge in [-0.1, -0.05) is 12.1 Å². The molecule has 0 spiro atoms. The molecule has 1 aromatic heterocycles. The Kier molecular flexibility index (Phi) is 2.75. The van der Waals surface area contributed by atoms with E-state index in [1.54, 1.807) is 0 Å². The van der Waals surface area contributed by atoms with Crippen molar-refractivity contribution in [3.8, 4) is 0 Å². The van der Waals surface area contributed by atoms with E-state index in [1.807, 2.05) is 19.3 Å². The number of nitrogens with two attached hydrogens (primary N) is 1. The van der Waals surface area contributed by atoms with Gasteiger partial charge in [0.15, 0.2) is 0 Å². The number of fused-ring (bicyclic) bond motifs is 1. The van der Waals surface area contributed by atoms with Gasteiger partial charge in [0.1, 0.15) is 0 Å². The number of hydrogen-bond acceptors (Lipinski definition) is 2. The maximum atomic E-state index is 8.94. The van der Waals surface area contributed by atoms with Crippen LogP contribution in [0.15, 0.2) is 30.5 Å². The summed E-state index contributed by atoms with van der Waals surface area (Å²) in [7, 11) is 2.03. The lowest BCUT2D eigenvalue weighted by atomic mass is 10.0. The molecule has 3 N–H and O–H groups in total. The second-order valence-electron chi connectivity index (χ2n) is 3.92. The van der Waals surface area contributed by atoms with E-state index in [9.17, 15) is 0 Å². The van der Waals surface area contributed by atoms with Crippen LogP contribution in [0.2, 0.25) is 0 Å². The molecule has 3 heteroatoms. The summed E-state index contributed by atoms with van der Waals surface area (Å²) in [5.74, 6) is 0. The molecule has 0 aliphatic heterocycles. The summed E-state index contributed by atoms with van der Waals surface area (Å²) >= 11 is 0. The summed E-state index contributed by atoms with van der Waals surface area (Å²) in [5, 5.41) is 10.2. The predicted molar refractivity (Wildman–Crippen MR) is 61.7 cm³/mol. The average Bonchev–Trinajstić information content (AvgIpc) is 2.62. The molecule has 1 aromatic carbocycles. The Balaban J connectivity index is 2.43. The minimum absolute atomic E-state index is 0.0310. The third-order valence-corrected chi connectivity index (χ3v) is 2.73. The van der Waals surface area contributed by atoms with Gasteiger partial charge in [0.25, 0.3) is 0 Å². The molecule has 0 aliphatic rings. The Labute approximate surface area is 89.1 Å². The lowest BCUT2D eigenvalue weighted by Gasteiger charge is -2.09. The summed E-state index contributed by atoms with van der Waals surface area (Å²) in [6.45, 7) is 0.0310. The Morgan fingerprint density at radius 1 is 1.40 bits per heavy atom. The molecule has 0 amide bonds. The summed E-state index contributed by atoms with van der Waals surface area (Å²) < 4.78 is 2.09. The number of aliphatic hydroxyl groups excluding tert-OH is 1. The van der Waals surface area contributed by atoms with Gasteiger partial charge in [0.05, 0.1) is 6.61 Å². The van der Waals surface area contributed by atoms with Crippen molar-refractivity contribution in [3.63, 3.8) is 0 Å². The first-order valence-corrected chi connectivity index (χ1v) is 5.11. The standard InChI is InChI=1S/C12H16N2O/c1-14-6-5-11-9(7-10(13)8-15)3-2-4-12(11)14/h2-6,10,15H,7-8,13H2,1H3. The smallest absolute Gasteiger partial charge is 0.0585 e. The molecule has 0 bridgehead atoms. The maximum Gasteiger partial charge on any atom is 0.0585 e. The van der Waals surface area contributed by atoms with Crippen LogP contribution in [0.4, 0.5) is 0 Å². The minimum Gasteiger partial charge on any atom is -0.395 e. The summed E-state index contributed by atoms with van der Waals surface area (Å²) in [5.41, 5.74) is 8.16. The quantitative estimate of drug-likeness (QED) is 0.785. The van der Waals surface area contributed by atoms with E-state index in [1.165, 1.54) is 16.5 Å². The van der Waals surface area contributed by atoms with E-state index in [0.29, 0.717) is 0 Å². The van der Waals surface area contributed by atoms with Crippen molar-refractivity contribution in [2.45, 2.75) is 12.5 Å². The van der Waals surface area contributed by atoms with Crippen LogP contribution >= 0.6 is 0 Å².